The van der Waals surface area contributed by atoms with Crippen LogP contribution in [0.1, 0.15) is 6.92 Å². The van der Waals surface area contributed by atoms with Gasteiger partial charge in [-0.3, -0.25) is 0 Å². The van der Waals surface area contributed by atoms with E-state index in [1.165, 1.54) is 6.07 Å². The number of rotatable bonds is 5. The molecule has 1 aliphatic rings. The number of piperazine rings is 1. The number of carbonyl (C=O) groups is 1. The monoisotopic (exact) mass is 363 g/mol. The Kier molecular flexibility index (Phi) is 6.46. The lowest BCUT2D eigenvalue weighted by Gasteiger charge is -2.36. The third-order valence-corrected chi connectivity index (χ3v) is 3.76. The molecule has 1 aromatic carbocycles. The van der Waals surface area contributed by atoms with Gasteiger partial charge in [-0.25, -0.2) is 9.18 Å². The van der Waals surface area contributed by atoms with E-state index in [1.807, 2.05) is 4.90 Å². The molecule has 0 aromatic heterocycles. The minimum Gasteiger partial charge on any atom is -0.370 e. The summed E-state index contributed by atoms with van der Waals surface area (Å²) in [5.41, 5.74) is 0.497. The molecule has 1 aliphatic heterocycles. The first-order chi connectivity index (χ1) is 11.8. The van der Waals surface area contributed by atoms with Crippen molar-refractivity contribution in [2.24, 2.45) is 0 Å². The smallest absolute Gasteiger partial charge is 0.370 e. The number of amides is 2. The van der Waals surface area contributed by atoms with Crippen LogP contribution in [-0.2, 0) is 4.74 Å². The van der Waals surface area contributed by atoms with E-state index in [1.54, 1.807) is 30.0 Å². The summed E-state index contributed by atoms with van der Waals surface area (Å²) < 4.78 is 54.3. The van der Waals surface area contributed by atoms with Gasteiger partial charge in [-0.1, -0.05) is 12.1 Å². The standard InChI is InChI=1S/C16H21F4N3O2/c1-12(10-25-11-16(18,19)20)21-15(24)23-8-6-22(7-9-23)14-5-3-2-4-13(14)17/h2-5,12H,6-11H2,1H3,(H,21,24). The Hall–Kier alpha value is -2.03. The molecular formula is C16H21F4N3O2. The summed E-state index contributed by atoms with van der Waals surface area (Å²) in [4.78, 5) is 15.5. The molecular weight excluding hydrogens is 342 g/mol. The number of benzene rings is 1. The second-order valence-electron chi connectivity index (χ2n) is 5.91. The normalized spacial score (nSPS) is 16.7. The summed E-state index contributed by atoms with van der Waals surface area (Å²) in [5, 5.41) is 2.60. The Balaban J connectivity index is 1.75. The maximum atomic E-state index is 13.8. The summed E-state index contributed by atoms with van der Waals surface area (Å²) in [6, 6.07) is 5.53. The number of alkyl halides is 3. The van der Waals surface area contributed by atoms with Crippen LogP contribution in [-0.4, -0.2) is 62.5 Å². The third kappa shape index (κ3) is 6.08. The molecule has 1 unspecified atom stereocenters. The molecule has 1 N–H and O–H groups in total. The number of anilines is 1. The van der Waals surface area contributed by atoms with E-state index < -0.39 is 18.8 Å². The van der Waals surface area contributed by atoms with Crippen LogP contribution in [0.15, 0.2) is 24.3 Å². The van der Waals surface area contributed by atoms with E-state index in [9.17, 15) is 22.4 Å². The van der Waals surface area contributed by atoms with Crippen molar-refractivity contribution in [1.82, 2.24) is 10.2 Å². The number of hydrogen-bond acceptors (Lipinski definition) is 3. The molecule has 1 aromatic rings. The van der Waals surface area contributed by atoms with Crippen LogP contribution in [0, 0.1) is 5.82 Å². The van der Waals surface area contributed by atoms with Crippen LogP contribution in [0.3, 0.4) is 0 Å². The van der Waals surface area contributed by atoms with E-state index >= 15 is 0 Å². The third-order valence-electron chi connectivity index (χ3n) is 3.76. The van der Waals surface area contributed by atoms with Crippen LogP contribution in [0.5, 0.6) is 0 Å². The topological polar surface area (TPSA) is 44.8 Å². The number of ether oxygens (including phenoxy) is 1. The highest BCUT2D eigenvalue weighted by Gasteiger charge is 2.28. The fourth-order valence-electron chi connectivity index (χ4n) is 2.55. The van der Waals surface area contributed by atoms with E-state index in [4.69, 9.17) is 0 Å². The number of urea groups is 1. The molecule has 5 nitrogen and oxygen atoms in total. The molecule has 2 rings (SSSR count). The summed E-state index contributed by atoms with van der Waals surface area (Å²) >= 11 is 0. The van der Waals surface area contributed by atoms with Gasteiger partial charge in [0.05, 0.1) is 18.3 Å². The van der Waals surface area contributed by atoms with Gasteiger partial charge in [0.2, 0.25) is 0 Å². The predicted molar refractivity (Wildman–Crippen MR) is 85.1 cm³/mol. The Morgan fingerprint density at radius 1 is 1.24 bits per heavy atom. The second-order valence-corrected chi connectivity index (χ2v) is 5.91. The molecule has 0 spiro atoms. The summed E-state index contributed by atoms with van der Waals surface area (Å²) in [6.07, 6.45) is -4.38. The highest BCUT2D eigenvalue weighted by molar-refractivity contribution is 5.74. The molecule has 2 amide bonds. The average molecular weight is 363 g/mol. The molecule has 1 atom stereocenters. The zero-order valence-corrected chi connectivity index (χ0v) is 13.9. The van der Waals surface area contributed by atoms with Crippen molar-refractivity contribution in [3.05, 3.63) is 30.1 Å². The zero-order chi connectivity index (χ0) is 18.4. The lowest BCUT2D eigenvalue weighted by molar-refractivity contribution is -0.174. The van der Waals surface area contributed by atoms with Gasteiger partial charge >= 0.3 is 12.2 Å². The van der Waals surface area contributed by atoms with Crippen molar-refractivity contribution in [3.8, 4) is 0 Å². The number of hydrogen-bond donors (Lipinski definition) is 1. The lowest BCUT2D eigenvalue weighted by atomic mass is 10.2. The van der Waals surface area contributed by atoms with Crippen LogP contribution in [0.4, 0.5) is 28.0 Å². The van der Waals surface area contributed by atoms with Gasteiger partial charge in [0.15, 0.2) is 0 Å². The highest BCUT2D eigenvalue weighted by atomic mass is 19.4. The van der Waals surface area contributed by atoms with Crippen molar-refractivity contribution in [2.75, 3.05) is 44.3 Å². The van der Waals surface area contributed by atoms with Gasteiger partial charge in [-0.15, -0.1) is 0 Å². The van der Waals surface area contributed by atoms with Gasteiger partial charge < -0.3 is 19.9 Å². The second kappa shape index (κ2) is 8.37. The van der Waals surface area contributed by atoms with E-state index in [-0.39, 0.29) is 18.5 Å². The van der Waals surface area contributed by atoms with Gasteiger partial charge in [0.1, 0.15) is 12.4 Å². The molecule has 0 aliphatic carbocycles. The molecule has 25 heavy (non-hydrogen) atoms. The van der Waals surface area contributed by atoms with Crippen molar-refractivity contribution >= 4 is 11.7 Å². The van der Waals surface area contributed by atoms with Gasteiger partial charge in [0, 0.05) is 26.2 Å². The maximum Gasteiger partial charge on any atom is 0.411 e. The molecule has 140 valence electrons. The van der Waals surface area contributed by atoms with Crippen molar-refractivity contribution < 1.29 is 27.1 Å². The Labute approximate surface area is 143 Å². The van der Waals surface area contributed by atoms with Crippen LogP contribution in [0.2, 0.25) is 0 Å². The average Bonchev–Trinajstić information content (AvgIpc) is 2.54. The fourth-order valence-corrected chi connectivity index (χ4v) is 2.55. The summed E-state index contributed by atoms with van der Waals surface area (Å²) in [7, 11) is 0. The molecule has 0 saturated carbocycles. The predicted octanol–water partition coefficient (Wildman–Crippen LogP) is 2.62. The number of para-hydroxylation sites is 1. The Morgan fingerprint density at radius 3 is 2.48 bits per heavy atom. The van der Waals surface area contributed by atoms with Gasteiger partial charge in [-0.2, -0.15) is 13.2 Å². The SMILES string of the molecule is CC(COCC(F)(F)F)NC(=O)N1CCN(c2ccccc2F)CC1. The summed E-state index contributed by atoms with van der Waals surface area (Å²) in [6.45, 7) is 1.77. The molecule has 9 heteroatoms. The van der Waals surface area contributed by atoms with E-state index in [0.29, 0.717) is 31.9 Å². The number of nitrogens with zero attached hydrogens (tertiary/aromatic N) is 2. The van der Waals surface area contributed by atoms with Crippen molar-refractivity contribution in [2.45, 2.75) is 19.1 Å². The molecule has 1 fully saturated rings. The molecule has 0 radical (unpaired) electrons. The van der Waals surface area contributed by atoms with Crippen LogP contribution < -0.4 is 10.2 Å². The molecule has 0 bridgehead atoms. The number of halogens is 4. The number of carbonyl (C=O) groups excluding carboxylic acids is 1. The fraction of sp³-hybridized carbons (Fsp3) is 0.562. The largest absolute Gasteiger partial charge is 0.411 e. The maximum absolute atomic E-state index is 13.8. The quantitative estimate of drug-likeness (QED) is 0.818. The number of nitrogens with one attached hydrogen (secondary N) is 1. The van der Waals surface area contributed by atoms with Gasteiger partial charge in [0.25, 0.3) is 0 Å². The summed E-state index contributed by atoms with van der Waals surface area (Å²) in [5.74, 6) is -0.309. The first-order valence-corrected chi connectivity index (χ1v) is 7.95. The van der Waals surface area contributed by atoms with Crippen LogP contribution >= 0.6 is 0 Å². The van der Waals surface area contributed by atoms with Crippen molar-refractivity contribution in [1.29, 1.82) is 0 Å². The Bertz CT molecular complexity index is 575. The zero-order valence-electron chi connectivity index (χ0n) is 13.9. The van der Waals surface area contributed by atoms with Gasteiger partial charge in [-0.05, 0) is 19.1 Å². The molecule has 1 saturated heterocycles. The highest BCUT2D eigenvalue weighted by Crippen LogP contribution is 2.20. The van der Waals surface area contributed by atoms with E-state index in [2.05, 4.69) is 10.1 Å². The minimum absolute atomic E-state index is 0.222. The van der Waals surface area contributed by atoms with E-state index in [0.717, 1.165) is 0 Å². The van der Waals surface area contributed by atoms with Crippen LogP contribution in [0.25, 0.3) is 0 Å². The molecule has 1 heterocycles. The first-order valence-electron chi connectivity index (χ1n) is 7.95. The Morgan fingerprint density at radius 2 is 1.88 bits per heavy atom. The minimum atomic E-state index is -4.38. The first kappa shape index (κ1) is 19.3. The lowest BCUT2D eigenvalue weighted by Crippen LogP contribution is -2.53. The van der Waals surface area contributed by atoms with Crippen molar-refractivity contribution in [3.63, 3.8) is 0 Å².